The second kappa shape index (κ2) is 6.68. The number of sulfonamides is 1. The molecule has 0 saturated heterocycles. The summed E-state index contributed by atoms with van der Waals surface area (Å²) in [6.07, 6.45) is 1.78. The van der Waals surface area contributed by atoms with Gasteiger partial charge in [0.2, 0.25) is 10.0 Å². The molecule has 2 aromatic heterocycles. The molecule has 1 N–H and O–H groups in total. The first kappa shape index (κ1) is 16.6. The van der Waals surface area contributed by atoms with Crippen molar-refractivity contribution in [2.24, 2.45) is 0 Å². The minimum absolute atomic E-state index is 0.00306. The molecule has 0 fully saturated rings. The summed E-state index contributed by atoms with van der Waals surface area (Å²) in [5.74, 6) is 0.0927. The standard InChI is InChI=1S/C14H21N5O2S2/c1-3-23(20,21)17-6-13-8-18(7-12-4-5-16-19(12)13)9-14-11(2)15-10-22-14/h4-5,10,13,17H,3,6-9H2,1-2H3. The Morgan fingerprint density at radius 1 is 1.48 bits per heavy atom. The van der Waals surface area contributed by atoms with Crippen LogP contribution in [0.4, 0.5) is 0 Å². The molecule has 1 aliphatic rings. The van der Waals surface area contributed by atoms with E-state index in [-0.39, 0.29) is 11.8 Å². The predicted octanol–water partition coefficient (Wildman–Crippen LogP) is 1.14. The van der Waals surface area contributed by atoms with Crippen molar-refractivity contribution in [1.82, 2.24) is 24.4 Å². The van der Waals surface area contributed by atoms with E-state index < -0.39 is 10.0 Å². The van der Waals surface area contributed by atoms with Crippen molar-refractivity contribution in [3.8, 4) is 0 Å². The Bertz CT molecular complexity index is 768. The number of aromatic nitrogens is 3. The van der Waals surface area contributed by atoms with Crippen LogP contribution in [0.2, 0.25) is 0 Å². The molecule has 1 aliphatic heterocycles. The fourth-order valence-corrected chi connectivity index (χ4v) is 4.21. The highest BCUT2D eigenvalue weighted by Crippen LogP contribution is 2.23. The largest absolute Gasteiger partial charge is 0.290 e. The first-order chi connectivity index (χ1) is 11.0. The summed E-state index contributed by atoms with van der Waals surface area (Å²) in [6, 6.07) is 2.00. The Balaban J connectivity index is 1.73. The third kappa shape index (κ3) is 3.79. The lowest BCUT2D eigenvalue weighted by atomic mass is 10.2. The van der Waals surface area contributed by atoms with E-state index in [0.29, 0.717) is 6.54 Å². The van der Waals surface area contributed by atoms with Gasteiger partial charge in [0.15, 0.2) is 0 Å². The lowest BCUT2D eigenvalue weighted by molar-refractivity contribution is 0.169. The van der Waals surface area contributed by atoms with E-state index in [9.17, 15) is 8.42 Å². The van der Waals surface area contributed by atoms with Crippen LogP contribution in [0.25, 0.3) is 0 Å². The van der Waals surface area contributed by atoms with Crippen LogP contribution in [0.5, 0.6) is 0 Å². The van der Waals surface area contributed by atoms with Crippen molar-refractivity contribution < 1.29 is 8.42 Å². The van der Waals surface area contributed by atoms with Crippen molar-refractivity contribution in [3.63, 3.8) is 0 Å². The molecule has 0 aromatic carbocycles. The molecule has 1 atom stereocenters. The quantitative estimate of drug-likeness (QED) is 0.841. The van der Waals surface area contributed by atoms with Crippen LogP contribution in [-0.2, 0) is 23.1 Å². The van der Waals surface area contributed by atoms with Crippen LogP contribution in [0.3, 0.4) is 0 Å². The molecule has 0 spiro atoms. The highest BCUT2D eigenvalue weighted by atomic mass is 32.2. The number of thiazole rings is 1. The fourth-order valence-electron chi connectivity index (χ4n) is 2.74. The van der Waals surface area contributed by atoms with Gasteiger partial charge in [0, 0.05) is 37.3 Å². The molecule has 0 amide bonds. The summed E-state index contributed by atoms with van der Waals surface area (Å²) in [6.45, 7) is 6.43. The third-order valence-corrected chi connectivity index (χ3v) is 6.37. The van der Waals surface area contributed by atoms with Gasteiger partial charge in [-0.25, -0.2) is 18.1 Å². The fraction of sp³-hybridized carbons (Fsp3) is 0.571. The maximum Gasteiger partial charge on any atom is 0.211 e. The minimum Gasteiger partial charge on any atom is -0.290 e. The second-order valence-corrected chi connectivity index (χ2v) is 8.74. The molecule has 2 aromatic rings. The first-order valence-corrected chi connectivity index (χ1v) is 10.1. The van der Waals surface area contributed by atoms with Gasteiger partial charge in [-0.15, -0.1) is 11.3 Å². The van der Waals surface area contributed by atoms with E-state index in [1.54, 1.807) is 24.5 Å². The van der Waals surface area contributed by atoms with Crippen LogP contribution >= 0.6 is 11.3 Å². The average molecular weight is 355 g/mol. The number of hydrogen-bond donors (Lipinski definition) is 1. The van der Waals surface area contributed by atoms with E-state index in [1.807, 2.05) is 23.2 Å². The van der Waals surface area contributed by atoms with Gasteiger partial charge in [-0.05, 0) is 19.9 Å². The van der Waals surface area contributed by atoms with E-state index >= 15 is 0 Å². The van der Waals surface area contributed by atoms with Crippen LogP contribution in [0.1, 0.15) is 29.2 Å². The minimum atomic E-state index is -3.20. The summed E-state index contributed by atoms with van der Waals surface area (Å²) in [7, 11) is -3.20. The predicted molar refractivity (Wildman–Crippen MR) is 89.7 cm³/mol. The topological polar surface area (TPSA) is 80.1 Å². The van der Waals surface area contributed by atoms with Crippen molar-refractivity contribution >= 4 is 21.4 Å². The Morgan fingerprint density at radius 2 is 2.30 bits per heavy atom. The normalized spacial score (nSPS) is 19.0. The Kier molecular flexibility index (Phi) is 4.81. The smallest absolute Gasteiger partial charge is 0.211 e. The van der Waals surface area contributed by atoms with Crippen molar-refractivity contribution in [1.29, 1.82) is 0 Å². The molecule has 1 unspecified atom stereocenters. The van der Waals surface area contributed by atoms with Crippen LogP contribution in [0, 0.1) is 6.92 Å². The number of rotatable bonds is 6. The van der Waals surface area contributed by atoms with Gasteiger partial charge in [0.05, 0.1) is 28.7 Å². The Morgan fingerprint density at radius 3 is 3.00 bits per heavy atom. The molecule has 3 heterocycles. The van der Waals surface area contributed by atoms with Crippen molar-refractivity contribution in [3.05, 3.63) is 34.0 Å². The molecular formula is C14H21N5O2S2. The van der Waals surface area contributed by atoms with Gasteiger partial charge in [-0.3, -0.25) is 9.58 Å². The number of nitrogens with zero attached hydrogens (tertiary/aromatic N) is 4. The summed E-state index contributed by atoms with van der Waals surface area (Å²) < 4.78 is 28.0. The van der Waals surface area contributed by atoms with E-state index in [4.69, 9.17) is 0 Å². The number of hydrogen-bond acceptors (Lipinski definition) is 6. The van der Waals surface area contributed by atoms with E-state index in [0.717, 1.165) is 31.0 Å². The zero-order chi connectivity index (χ0) is 16.4. The molecule has 3 rings (SSSR count). The summed E-state index contributed by atoms with van der Waals surface area (Å²) >= 11 is 1.66. The number of fused-ring (bicyclic) bond motifs is 1. The molecule has 23 heavy (non-hydrogen) atoms. The lowest BCUT2D eigenvalue weighted by Crippen LogP contribution is -2.42. The zero-order valence-corrected chi connectivity index (χ0v) is 14.9. The highest BCUT2D eigenvalue weighted by Gasteiger charge is 2.27. The van der Waals surface area contributed by atoms with Crippen LogP contribution < -0.4 is 4.72 Å². The van der Waals surface area contributed by atoms with Gasteiger partial charge in [-0.2, -0.15) is 5.10 Å². The molecule has 7 nitrogen and oxygen atoms in total. The summed E-state index contributed by atoms with van der Waals surface area (Å²) in [5, 5.41) is 4.36. The van der Waals surface area contributed by atoms with Gasteiger partial charge in [-0.1, -0.05) is 0 Å². The monoisotopic (exact) mass is 355 g/mol. The first-order valence-electron chi connectivity index (χ1n) is 7.59. The molecule has 0 bridgehead atoms. The van der Waals surface area contributed by atoms with Crippen LogP contribution in [-0.4, -0.2) is 46.9 Å². The molecule has 126 valence electrons. The number of aryl methyl sites for hydroxylation is 1. The Labute approximate surface area is 140 Å². The zero-order valence-electron chi connectivity index (χ0n) is 13.3. The van der Waals surface area contributed by atoms with Gasteiger partial charge in [0.25, 0.3) is 0 Å². The SMILES string of the molecule is CCS(=O)(=O)NCC1CN(Cc2scnc2C)Cc2ccnn21. The highest BCUT2D eigenvalue weighted by molar-refractivity contribution is 7.89. The Hall–Kier alpha value is -1.29. The molecule has 0 aliphatic carbocycles. The van der Waals surface area contributed by atoms with Crippen LogP contribution in [0.15, 0.2) is 17.8 Å². The summed E-state index contributed by atoms with van der Waals surface area (Å²) in [4.78, 5) is 7.88. The molecular weight excluding hydrogens is 334 g/mol. The van der Waals surface area contributed by atoms with E-state index in [2.05, 4.69) is 19.7 Å². The lowest BCUT2D eigenvalue weighted by Gasteiger charge is -2.33. The molecule has 0 radical (unpaired) electrons. The maximum atomic E-state index is 11.7. The van der Waals surface area contributed by atoms with Gasteiger partial charge < -0.3 is 0 Å². The van der Waals surface area contributed by atoms with Crippen molar-refractivity contribution in [2.75, 3.05) is 18.8 Å². The molecule has 9 heteroatoms. The number of nitrogens with one attached hydrogen (secondary N) is 1. The molecule has 0 saturated carbocycles. The van der Waals surface area contributed by atoms with Gasteiger partial charge >= 0.3 is 0 Å². The summed E-state index contributed by atoms with van der Waals surface area (Å²) in [5.41, 5.74) is 4.04. The van der Waals surface area contributed by atoms with Gasteiger partial charge in [0.1, 0.15) is 0 Å². The maximum absolute atomic E-state index is 11.7. The average Bonchev–Trinajstić information content (AvgIpc) is 3.14. The van der Waals surface area contributed by atoms with E-state index in [1.165, 1.54) is 4.88 Å². The third-order valence-electron chi connectivity index (χ3n) is 4.08. The second-order valence-electron chi connectivity index (χ2n) is 5.70. The van der Waals surface area contributed by atoms with Crippen molar-refractivity contribution in [2.45, 2.75) is 33.0 Å².